The summed E-state index contributed by atoms with van der Waals surface area (Å²) in [6, 6.07) is 17.0. The van der Waals surface area contributed by atoms with Gasteiger partial charge >= 0.3 is 0 Å². The topological polar surface area (TPSA) is 27.8 Å². The van der Waals surface area contributed by atoms with E-state index in [1.165, 1.54) is 11.1 Å². The molecule has 2 aromatic carbocycles. The summed E-state index contributed by atoms with van der Waals surface area (Å²) in [5.74, 6) is 0. The van der Waals surface area contributed by atoms with E-state index in [1.807, 2.05) is 24.3 Å². The Balaban J connectivity index is 1.74. The molecule has 0 aliphatic rings. The summed E-state index contributed by atoms with van der Waals surface area (Å²) in [4.78, 5) is 3.39. The molecule has 0 bridgehead atoms. The van der Waals surface area contributed by atoms with Crippen LogP contribution in [0.1, 0.15) is 29.8 Å². The van der Waals surface area contributed by atoms with Crippen LogP contribution in [0.5, 0.6) is 0 Å². The summed E-state index contributed by atoms with van der Waals surface area (Å²) in [5.41, 5.74) is 4.69. The van der Waals surface area contributed by atoms with E-state index in [0.29, 0.717) is 0 Å². The van der Waals surface area contributed by atoms with Crippen molar-refractivity contribution in [1.29, 1.82) is 0 Å². The number of H-pyrrole nitrogens is 1. The minimum absolute atomic E-state index is 0.285. The Bertz CT molecular complexity index is 744. The van der Waals surface area contributed by atoms with Gasteiger partial charge < -0.3 is 10.3 Å². The molecule has 21 heavy (non-hydrogen) atoms. The van der Waals surface area contributed by atoms with Crippen LogP contribution in [-0.2, 0) is 6.54 Å². The van der Waals surface area contributed by atoms with E-state index in [-0.39, 0.29) is 6.04 Å². The van der Waals surface area contributed by atoms with Gasteiger partial charge in [-0.15, -0.1) is 0 Å². The van der Waals surface area contributed by atoms with Crippen LogP contribution >= 0.6 is 11.6 Å². The summed E-state index contributed by atoms with van der Waals surface area (Å²) >= 11 is 6.44. The van der Waals surface area contributed by atoms with Crippen molar-refractivity contribution in [3.8, 4) is 0 Å². The fourth-order valence-corrected chi connectivity index (χ4v) is 2.79. The number of aryl methyl sites for hydroxylation is 1. The third-order valence-electron chi connectivity index (χ3n) is 3.88. The number of aromatic amines is 1. The van der Waals surface area contributed by atoms with Crippen LogP contribution in [0.15, 0.2) is 48.5 Å². The molecule has 3 aromatic rings. The molecule has 0 unspecified atom stereocenters. The second kappa shape index (κ2) is 5.92. The van der Waals surface area contributed by atoms with Crippen molar-refractivity contribution in [3.63, 3.8) is 0 Å². The number of hydrogen-bond acceptors (Lipinski definition) is 1. The van der Waals surface area contributed by atoms with E-state index in [4.69, 9.17) is 11.6 Å². The molecule has 0 fully saturated rings. The predicted octanol–water partition coefficient (Wildman–Crippen LogP) is 4.98. The van der Waals surface area contributed by atoms with Gasteiger partial charge in [-0.3, -0.25) is 0 Å². The summed E-state index contributed by atoms with van der Waals surface area (Å²) < 4.78 is 0. The average Bonchev–Trinajstić information content (AvgIpc) is 2.82. The zero-order valence-corrected chi connectivity index (χ0v) is 13.0. The minimum Gasteiger partial charge on any atom is -0.356 e. The smallest absolute Gasteiger partial charge is 0.0705 e. The highest BCUT2D eigenvalue weighted by Gasteiger charge is 2.10. The maximum Gasteiger partial charge on any atom is 0.0705 e. The van der Waals surface area contributed by atoms with Gasteiger partial charge in [0.15, 0.2) is 0 Å². The molecule has 0 amide bonds. The minimum atomic E-state index is 0.285. The Hall–Kier alpha value is -1.77. The molecule has 0 saturated heterocycles. The number of nitrogens with one attached hydrogen (secondary N) is 2. The molecule has 108 valence electrons. The van der Waals surface area contributed by atoms with Gasteiger partial charge in [0.2, 0.25) is 0 Å². The first-order valence-electron chi connectivity index (χ1n) is 7.20. The van der Waals surface area contributed by atoms with Crippen molar-refractivity contribution in [2.75, 3.05) is 0 Å². The first-order chi connectivity index (χ1) is 10.1. The van der Waals surface area contributed by atoms with Crippen LogP contribution in [0.3, 0.4) is 0 Å². The largest absolute Gasteiger partial charge is 0.356 e. The number of para-hydroxylation sites is 1. The highest BCUT2D eigenvalue weighted by atomic mass is 35.5. The van der Waals surface area contributed by atoms with Crippen molar-refractivity contribution in [2.24, 2.45) is 0 Å². The van der Waals surface area contributed by atoms with Gasteiger partial charge in [-0.1, -0.05) is 59.6 Å². The molecule has 0 radical (unpaired) electrons. The Morgan fingerprint density at radius 1 is 1.10 bits per heavy atom. The van der Waals surface area contributed by atoms with Crippen molar-refractivity contribution >= 4 is 22.5 Å². The lowest BCUT2D eigenvalue weighted by atomic mass is 10.1. The number of rotatable bonds is 4. The van der Waals surface area contributed by atoms with Crippen molar-refractivity contribution in [2.45, 2.75) is 26.4 Å². The maximum atomic E-state index is 6.44. The molecule has 1 atom stereocenters. The Labute approximate surface area is 130 Å². The molecule has 3 heteroatoms. The first-order valence-corrected chi connectivity index (χ1v) is 7.58. The summed E-state index contributed by atoms with van der Waals surface area (Å²) in [6.45, 7) is 5.00. The van der Waals surface area contributed by atoms with E-state index in [1.54, 1.807) is 0 Å². The third kappa shape index (κ3) is 2.97. The van der Waals surface area contributed by atoms with E-state index in [2.05, 4.69) is 48.4 Å². The zero-order chi connectivity index (χ0) is 14.8. The summed E-state index contributed by atoms with van der Waals surface area (Å²) in [6.07, 6.45) is 0. The van der Waals surface area contributed by atoms with Crippen molar-refractivity contribution in [3.05, 3.63) is 70.4 Å². The lowest BCUT2D eigenvalue weighted by molar-refractivity contribution is 0.569. The zero-order valence-electron chi connectivity index (χ0n) is 12.3. The monoisotopic (exact) mass is 298 g/mol. The molecule has 3 rings (SSSR count). The van der Waals surface area contributed by atoms with E-state index >= 15 is 0 Å². The van der Waals surface area contributed by atoms with Crippen molar-refractivity contribution in [1.82, 2.24) is 10.3 Å². The fraction of sp³-hybridized carbons (Fsp3) is 0.222. The molecule has 1 aromatic heterocycles. The van der Waals surface area contributed by atoms with E-state index < -0.39 is 0 Å². The number of hydrogen-bond donors (Lipinski definition) is 2. The lowest BCUT2D eigenvalue weighted by Gasteiger charge is -2.14. The van der Waals surface area contributed by atoms with Gasteiger partial charge in [0.05, 0.1) is 5.02 Å². The second-order valence-electron chi connectivity index (χ2n) is 5.48. The van der Waals surface area contributed by atoms with Gasteiger partial charge in [0.25, 0.3) is 0 Å². The number of fused-ring (bicyclic) bond motifs is 1. The summed E-state index contributed by atoms with van der Waals surface area (Å²) in [5, 5.41) is 5.42. The standard InChI is InChI=1S/C18H19ClN2/c1-12-7-9-14(10-8-12)13(2)20-11-17-18(19)15-5-3-4-6-16(15)21-17/h3-10,13,20-21H,11H2,1-2H3/t13-/m1/s1. The Kier molecular flexibility index (Phi) is 4.00. The molecule has 0 aliphatic carbocycles. The van der Waals surface area contributed by atoms with Crippen LogP contribution < -0.4 is 5.32 Å². The SMILES string of the molecule is Cc1ccc([C@@H](C)NCc2[nH]c3ccccc3c2Cl)cc1. The fourth-order valence-electron chi connectivity index (χ4n) is 2.51. The number of benzene rings is 2. The highest BCUT2D eigenvalue weighted by molar-refractivity contribution is 6.36. The van der Waals surface area contributed by atoms with Crippen molar-refractivity contribution < 1.29 is 0 Å². The normalized spacial score (nSPS) is 12.7. The number of aromatic nitrogens is 1. The number of halogens is 1. The van der Waals surface area contributed by atoms with Crippen LogP contribution in [0, 0.1) is 6.92 Å². The summed E-state index contributed by atoms with van der Waals surface area (Å²) in [7, 11) is 0. The van der Waals surface area contributed by atoms with E-state index in [0.717, 1.165) is 28.2 Å². The van der Waals surface area contributed by atoms with E-state index in [9.17, 15) is 0 Å². The molecule has 1 heterocycles. The Morgan fingerprint density at radius 3 is 2.52 bits per heavy atom. The van der Waals surface area contributed by atoms with Gasteiger partial charge in [0, 0.05) is 29.2 Å². The first kappa shape index (κ1) is 14.2. The molecular formula is C18H19ClN2. The average molecular weight is 299 g/mol. The van der Waals surface area contributed by atoms with Crippen LogP contribution in [0.2, 0.25) is 5.02 Å². The Morgan fingerprint density at radius 2 is 1.81 bits per heavy atom. The second-order valence-corrected chi connectivity index (χ2v) is 5.85. The third-order valence-corrected chi connectivity index (χ3v) is 4.31. The molecule has 0 saturated carbocycles. The molecule has 2 N–H and O–H groups in total. The molecule has 2 nitrogen and oxygen atoms in total. The maximum absolute atomic E-state index is 6.44. The van der Waals surface area contributed by atoms with Gasteiger partial charge in [-0.2, -0.15) is 0 Å². The highest BCUT2D eigenvalue weighted by Crippen LogP contribution is 2.27. The van der Waals surface area contributed by atoms with Crippen LogP contribution in [0.25, 0.3) is 10.9 Å². The quantitative estimate of drug-likeness (QED) is 0.698. The van der Waals surface area contributed by atoms with Crippen LogP contribution in [0.4, 0.5) is 0 Å². The van der Waals surface area contributed by atoms with Crippen LogP contribution in [-0.4, -0.2) is 4.98 Å². The van der Waals surface area contributed by atoms with Gasteiger partial charge in [-0.25, -0.2) is 0 Å². The predicted molar refractivity (Wildman–Crippen MR) is 89.7 cm³/mol. The molecule has 0 spiro atoms. The van der Waals surface area contributed by atoms with Gasteiger partial charge in [0.1, 0.15) is 0 Å². The molecule has 0 aliphatic heterocycles. The van der Waals surface area contributed by atoms with Gasteiger partial charge in [-0.05, 0) is 25.5 Å². The lowest BCUT2D eigenvalue weighted by Crippen LogP contribution is -2.18. The molecular weight excluding hydrogens is 280 g/mol.